The molecule has 5 nitrogen and oxygen atoms in total. The average molecular weight is 250 g/mol. The van der Waals surface area contributed by atoms with Crippen LogP contribution in [-0.2, 0) is 9.05 Å². The van der Waals surface area contributed by atoms with E-state index in [0.29, 0.717) is 5.56 Å². The van der Waals surface area contributed by atoms with Gasteiger partial charge in [0, 0.05) is 22.3 Å². The Balaban J connectivity index is 3.63. The van der Waals surface area contributed by atoms with E-state index >= 15 is 0 Å². The van der Waals surface area contributed by atoms with Gasteiger partial charge in [-0.05, 0) is 25.5 Å². The zero-order valence-corrected chi connectivity index (χ0v) is 9.59. The average Bonchev–Trinajstić information content (AvgIpc) is 2.06. The van der Waals surface area contributed by atoms with E-state index < -0.39 is 14.0 Å². The van der Waals surface area contributed by atoms with E-state index in [9.17, 15) is 18.5 Å². The topological polar surface area (TPSA) is 77.3 Å². The number of nitro groups is 1. The maximum atomic E-state index is 11.1. The van der Waals surface area contributed by atoms with Gasteiger partial charge in [-0.25, -0.2) is 8.42 Å². The Morgan fingerprint density at radius 1 is 1.33 bits per heavy atom. The van der Waals surface area contributed by atoms with Gasteiger partial charge in [-0.2, -0.15) is 0 Å². The first-order chi connectivity index (χ1) is 6.73. The normalized spacial score (nSPS) is 11.4. The Hall–Kier alpha value is -1.14. The molecule has 1 aromatic rings. The summed E-state index contributed by atoms with van der Waals surface area (Å²) in [4.78, 5) is 9.78. The Kier molecular flexibility index (Phi) is 3.01. The molecule has 1 aromatic carbocycles. The third kappa shape index (κ3) is 2.45. The fourth-order valence-corrected chi connectivity index (χ4v) is 2.53. The van der Waals surface area contributed by atoms with Crippen molar-refractivity contribution in [1.82, 2.24) is 0 Å². The summed E-state index contributed by atoms with van der Waals surface area (Å²) in [5, 5.41) is 10.6. The van der Waals surface area contributed by atoms with E-state index in [1.165, 1.54) is 19.1 Å². The minimum absolute atomic E-state index is 0.0561. The van der Waals surface area contributed by atoms with Gasteiger partial charge in [0.05, 0.1) is 9.82 Å². The van der Waals surface area contributed by atoms with E-state index in [4.69, 9.17) is 10.7 Å². The first kappa shape index (κ1) is 11.9. The van der Waals surface area contributed by atoms with Gasteiger partial charge < -0.3 is 0 Å². The molecule has 0 amide bonds. The zero-order chi connectivity index (χ0) is 11.8. The van der Waals surface area contributed by atoms with Gasteiger partial charge in [0.25, 0.3) is 14.7 Å². The van der Waals surface area contributed by atoms with Gasteiger partial charge in [0.1, 0.15) is 0 Å². The molecule has 0 unspecified atom stereocenters. The minimum Gasteiger partial charge on any atom is -0.258 e. The van der Waals surface area contributed by atoms with E-state index in [-0.39, 0.29) is 16.1 Å². The van der Waals surface area contributed by atoms with Gasteiger partial charge in [-0.3, -0.25) is 10.1 Å². The predicted molar refractivity (Wildman–Crippen MR) is 55.6 cm³/mol. The second-order valence-corrected chi connectivity index (χ2v) is 5.64. The number of aryl methyl sites for hydroxylation is 1. The molecule has 82 valence electrons. The molecule has 0 saturated heterocycles. The van der Waals surface area contributed by atoms with Crippen molar-refractivity contribution >= 4 is 25.4 Å². The van der Waals surface area contributed by atoms with Gasteiger partial charge in [0.2, 0.25) is 0 Å². The molecule has 0 aliphatic carbocycles. The Bertz CT molecular complexity index is 524. The van der Waals surface area contributed by atoms with Crippen molar-refractivity contribution in [3.8, 4) is 0 Å². The van der Waals surface area contributed by atoms with Crippen molar-refractivity contribution in [2.45, 2.75) is 18.7 Å². The molecule has 1 rings (SSSR count). The summed E-state index contributed by atoms with van der Waals surface area (Å²) in [7, 11) is 1.22. The molecule has 0 aliphatic heterocycles. The number of halogens is 1. The fourth-order valence-electron chi connectivity index (χ4n) is 1.25. The lowest BCUT2D eigenvalue weighted by Gasteiger charge is -2.04. The molecule has 0 N–H and O–H groups in total. The molecule has 0 bridgehead atoms. The molecular formula is C8H8ClNO4S. The minimum atomic E-state index is -3.94. The van der Waals surface area contributed by atoms with Gasteiger partial charge in [-0.1, -0.05) is 0 Å². The summed E-state index contributed by atoms with van der Waals surface area (Å²) >= 11 is 0. The molecular weight excluding hydrogens is 242 g/mol. The van der Waals surface area contributed by atoms with Crippen LogP contribution in [0.25, 0.3) is 0 Å². The quantitative estimate of drug-likeness (QED) is 0.457. The van der Waals surface area contributed by atoms with E-state index in [0.717, 1.165) is 0 Å². The van der Waals surface area contributed by atoms with Crippen LogP contribution in [0.2, 0.25) is 0 Å². The van der Waals surface area contributed by atoms with Crippen LogP contribution in [0.15, 0.2) is 17.0 Å². The third-order valence-corrected chi connectivity index (χ3v) is 3.38. The Labute approximate surface area is 91.2 Å². The lowest BCUT2D eigenvalue weighted by atomic mass is 10.1. The molecule has 0 atom stereocenters. The highest BCUT2D eigenvalue weighted by atomic mass is 35.7. The third-order valence-electron chi connectivity index (χ3n) is 1.94. The number of nitrogens with zero attached hydrogens (tertiary/aromatic N) is 1. The first-order valence-corrected chi connectivity index (χ1v) is 6.24. The van der Waals surface area contributed by atoms with Gasteiger partial charge in [0.15, 0.2) is 0 Å². The van der Waals surface area contributed by atoms with Gasteiger partial charge >= 0.3 is 0 Å². The summed E-state index contributed by atoms with van der Waals surface area (Å²) in [5.74, 6) is 0. The summed E-state index contributed by atoms with van der Waals surface area (Å²) in [6.45, 7) is 2.92. The highest BCUT2D eigenvalue weighted by Gasteiger charge is 2.21. The lowest BCUT2D eigenvalue weighted by molar-refractivity contribution is -0.385. The Morgan fingerprint density at radius 3 is 2.27 bits per heavy atom. The standard InChI is InChI=1S/C8H8ClNO4S/c1-5-3-7(10(11)12)6(2)8(4-5)15(9,13)14/h3-4H,1-2H3. The SMILES string of the molecule is Cc1cc([N+](=O)[O-])c(C)c(S(=O)(=O)Cl)c1. The van der Waals surface area contributed by atoms with Crippen LogP contribution in [0.4, 0.5) is 5.69 Å². The maximum absolute atomic E-state index is 11.1. The monoisotopic (exact) mass is 249 g/mol. The van der Waals surface area contributed by atoms with Crippen molar-refractivity contribution in [1.29, 1.82) is 0 Å². The molecule has 15 heavy (non-hydrogen) atoms. The largest absolute Gasteiger partial charge is 0.273 e. The van der Waals surface area contributed by atoms with E-state index in [1.807, 2.05) is 0 Å². The summed E-state index contributed by atoms with van der Waals surface area (Å²) in [6, 6.07) is 2.62. The smallest absolute Gasteiger partial charge is 0.258 e. The molecule has 0 saturated carbocycles. The number of hydrogen-bond donors (Lipinski definition) is 0. The number of benzene rings is 1. The lowest BCUT2D eigenvalue weighted by Crippen LogP contribution is -2.00. The van der Waals surface area contributed by atoms with Crippen LogP contribution in [-0.4, -0.2) is 13.3 Å². The highest BCUT2D eigenvalue weighted by molar-refractivity contribution is 8.13. The van der Waals surface area contributed by atoms with Crippen LogP contribution in [0, 0.1) is 24.0 Å². The highest BCUT2D eigenvalue weighted by Crippen LogP contribution is 2.28. The molecule has 0 radical (unpaired) electrons. The summed E-state index contributed by atoms with van der Waals surface area (Å²) in [5.41, 5.74) is 0.293. The van der Waals surface area contributed by atoms with Crippen LogP contribution < -0.4 is 0 Å². The second kappa shape index (κ2) is 3.79. The first-order valence-electron chi connectivity index (χ1n) is 3.94. The summed E-state index contributed by atoms with van der Waals surface area (Å²) in [6.07, 6.45) is 0. The predicted octanol–water partition coefficient (Wildman–Crippen LogP) is 2.14. The number of nitro benzene ring substituents is 1. The van der Waals surface area contributed by atoms with E-state index in [1.54, 1.807) is 6.92 Å². The molecule has 0 heterocycles. The fraction of sp³-hybridized carbons (Fsp3) is 0.250. The van der Waals surface area contributed by atoms with Crippen molar-refractivity contribution < 1.29 is 13.3 Å². The molecule has 0 aromatic heterocycles. The molecule has 7 heteroatoms. The second-order valence-electron chi connectivity index (χ2n) is 3.10. The molecule has 0 fully saturated rings. The zero-order valence-electron chi connectivity index (χ0n) is 8.02. The van der Waals surface area contributed by atoms with Crippen molar-refractivity contribution in [3.05, 3.63) is 33.4 Å². The van der Waals surface area contributed by atoms with Crippen LogP contribution >= 0.6 is 10.7 Å². The van der Waals surface area contributed by atoms with Crippen LogP contribution in [0.3, 0.4) is 0 Å². The van der Waals surface area contributed by atoms with Crippen LogP contribution in [0.5, 0.6) is 0 Å². The number of rotatable bonds is 2. The Morgan fingerprint density at radius 2 is 1.87 bits per heavy atom. The van der Waals surface area contributed by atoms with Crippen molar-refractivity contribution in [3.63, 3.8) is 0 Å². The maximum Gasteiger partial charge on any atom is 0.273 e. The summed E-state index contributed by atoms with van der Waals surface area (Å²) < 4.78 is 22.2. The van der Waals surface area contributed by atoms with Crippen molar-refractivity contribution in [2.75, 3.05) is 0 Å². The molecule has 0 aliphatic rings. The number of hydrogen-bond acceptors (Lipinski definition) is 4. The van der Waals surface area contributed by atoms with E-state index in [2.05, 4.69) is 0 Å². The van der Waals surface area contributed by atoms with Crippen LogP contribution in [0.1, 0.15) is 11.1 Å². The van der Waals surface area contributed by atoms with Gasteiger partial charge in [-0.15, -0.1) is 0 Å². The van der Waals surface area contributed by atoms with Crippen molar-refractivity contribution in [2.24, 2.45) is 0 Å². The molecule has 0 spiro atoms.